The van der Waals surface area contributed by atoms with Crippen LogP contribution in [0, 0.1) is 5.92 Å². The van der Waals surface area contributed by atoms with Crippen molar-refractivity contribution < 1.29 is 27.9 Å². The number of halogens is 3. The SMILES string of the molecule is CC[C@H](C)[C@H](NC(=O)Cc1csc(-c2cccc(C(F)(F)F)c2)n1)C(=O)O. The van der Waals surface area contributed by atoms with Crippen LogP contribution in [0.5, 0.6) is 0 Å². The first kappa shape index (κ1) is 20.9. The fraction of sp³-hybridized carbons (Fsp3) is 0.389. The van der Waals surface area contributed by atoms with E-state index in [-0.39, 0.29) is 12.3 Å². The molecule has 0 aliphatic rings. The van der Waals surface area contributed by atoms with E-state index in [0.717, 1.165) is 23.5 Å². The molecule has 1 aromatic heterocycles. The number of aliphatic carboxylic acids is 1. The van der Waals surface area contributed by atoms with Gasteiger partial charge >= 0.3 is 12.1 Å². The van der Waals surface area contributed by atoms with Crippen LogP contribution in [0.15, 0.2) is 29.6 Å². The highest BCUT2D eigenvalue weighted by molar-refractivity contribution is 7.13. The Labute approximate surface area is 158 Å². The van der Waals surface area contributed by atoms with Crippen molar-refractivity contribution in [1.29, 1.82) is 0 Å². The maximum absolute atomic E-state index is 12.8. The van der Waals surface area contributed by atoms with Gasteiger partial charge in [-0.25, -0.2) is 9.78 Å². The van der Waals surface area contributed by atoms with Gasteiger partial charge in [-0.2, -0.15) is 13.2 Å². The molecule has 0 unspecified atom stereocenters. The number of carbonyl (C=O) groups excluding carboxylic acids is 1. The lowest BCUT2D eigenvalue weighted by atomic mass is 9.99. The van der Waals surface area contributed by atoms with Crippen LogP contribution in [0.4, 0.5) is 13.2 Å². The third-order valence-corrected chi connectivity index (χ3v) is 5.07. The van der Waals surface area contributed by atoms with Gasteiger partial charge in [0.1, 0.15) is 11.0 Å². The smallest absolute Gasteiger partial charge is 0.416 e. The van der Waals surface area contributed by atoms with E-state index < -0.39 is 29.7 Å². The Hall–Kier alpha value is -2.42. The molecule has 0 spiro atoms. The number of amides is 1. The lowest BCUT2D eigenvalue weighted by molar-refractivity contribution is -0.143. The fourth-order valence-corrected chi connectivity index (χ4v) is 3.24. The third-order valence-electron chi connectivity index (χ3n) is 4.13. The highest BCUT2D eigenvalue weighted by Gasteiger charge is 2.30. The molecule has 146 valence electrons. The van der Waals surface area contributed by atoms with E-state index in [0.29, 0.717) is 22.7 Å². The Bertz CT molecular complexity index is 820. The molecular formula is C18H19F3N2O3S. The fourth-order valence-electron chi connectivity index (χ4n) is 2.42. The largest absolute Gasteiger partial charge is 0.480 e. The predicted molar refractivity (Wildman–Crippen MR) is 95.3 cm³/mol. The molecule has 27 heavy (non-hydrogen) atoms. The molecule has 9 heteroatoms. The number of rotatable bonds is 7. The molecule has 5 nitrogen and oxygen atoms in total. The van der Waals surface area contributed by atoms with E-state index in [1.54, 1.807) is 12.3 Å². The molecule has 1 amide bonds. The number of nitrogens with zero attached hydrogens (tertiary/aromatic N) is 1. The van der Waals surface area contributed by atoms with Crippen molar-refractivity contribution in [2.45, 2.75) is 38.9 Å². The molecule has 1 aromatic carbocycles. The first-order valence-corrected chi connectivity index (χ1v) is 9.14. The third kappa shape index (κ3) is 5.53. The van der Waals surface area contributed by atoms with Gasteiger partial charge < -0.3 is 10.4 Å². The number of hydrogen-bond acceptors (Lipinski definition) is 4. The van der Waals surface area contributed by atoms with E-state index in [2.05, 4.69) is 10.3 Å². The van der Waals surface area contributed by atoms with Gasteiger partial charge in [0, 0.05) is 10.9 Å². The summed E-state index contributed by atoms with van der Waals surface area (Å²) in [5.41, 5.74) is -0.0879. The number of carbonyl (C=O) groups is 2. The average Bonchev–Trinajstić information content (AvgIpc) is 3.06. The van der Waals surface area contributed by atoms with Crippen molar-refractivity contribution >= 4 is 23.2 Å². The van der Waals surface area contributed by atoms with Crippen LogP contribution in [0.2, 0.25) is 0 Å². The minimum Gasteiger partial charge on any atom is -0.480 e. The normalized spacial score (nSPS) is 13.8. The molecule has 0 aliphatic heterocycles. The number of alkyl halides is 3. The van der Waals surface area contributed by atoms with Crippen LogP contribution < -0.4 is 5.32 Å². The van der Waals surface area contributed by atoms with Crippen molar-refractivity contribution in [2.75, 3.05) is 0 Å². The van der Waals surface area contributed by atoms with Crippen molar-refractivity contribution in [2.24, 2.45) is 5.92 Å². The van der Waals surface area contributed by atoms with Gasteiger partial charge in [0.2, 0.25) is 5.91 Å². The van der Waals surface area contributed by atoms with E-state index in [1.165, 1.54) is 12.1 Å². The number of thiazole rings is 1. The van der Waals surface area contributed by atoms with Gasteiger partial charge in [0.05, 0.1) is 17.7 Å². The maximum Gasteiger partial charge on any atom is 0.416 e. The average molecular weight is 400 g/mol. The lowest BCUT2D eigenvalue weighted by Gasteiger charge is -2.19. The van der Waals surface area contributed by atoms with Crippen LogP contribution in [0.3, 0.4) is 0 Å². The van der Waals surface area contributed by atoms with E-state index >= 15 is 0 Å². The monoisotopic (exact) mass is 400 g/mol. The molecule has 0 aliphatic carbocycles. The number of nitrogens with one attached hydrogen (secondary N) is 1. The number of carboxylic acid groups (broad SMARTS) is 1. The van der Waals surface area contributed by atoms with Crippen LogP contribution in [-0.2, 0) is 22.2 Å². The molecule has 2 rings (SSSR count). The van der Waals surface area contributed by atoms with Crippen LogP contribution in [-0.4, -0.2) is 28.0 Å². The Morgan fingerprint density at radius 2 is 2.04 bits per heavy atom. The summed E-state index contributed by atoms with van der Waals surface area (Å²) >= 11 is 1.13. The molecule has 0 saturated carbocycles. The Balaban J connectivity index is 2.10. The zero-order chi connectivity index (χ0) is 20.2. The second-order valence-electron chi connectivity index (χ2n) is 6.17. The topological polar surface area (TPSA) is 79.3 Å². The summed E-state index contributed by atoms with van der Waals surface area (Å²) in [6, 6.07) is 3.80. The number of benzene rings is 1. The first-order valence-electron chi connectivity index (χ1n) is 8.26. The molecule has 2 aromatic rings. The molecule has 0 saturated heterocycles. The van der Waals surface area contributed by atoms with Gasteiger partial charge in [-0.1, -0.05) is 32.4 Å². The lowest BCUT2D eigenvalue weighted by Crippen LogP contribution is -2.45. The zero-order valence-corrected chi connectivity index (χ0v) is 15.5. The second kappa shape index (κ2) is 8.51. The van der Waals surface area contributed by atoms with Crippen molar-refractivity contribution in [1.82, 2.24) is 10.3 Å². The van der Waals surface area contributed by atoms with Crippen molar-refractivity contribution in [3.05, 3.63) is 40.9 Å². The first-order chi connectivity index (χ1) is 12.6. The van der Waals surface area contributed by atoms with Gasteiger partial charge in [-0.15, -0.1) is 11.3 Å². The van der Waals surface area contributed by atoms with Crippen molar-refractivity contribution in [3.8, 4) is 10.6 Å². The molecule has 0 radical (unpaired) electrons. The second-order valence-corrected chi connectivity index (χ2v) is 7.03. The van der Waals surface area contributed by atoms with E-state index in [4.69, 9.17) is 0 Å². The Morgan fingerprint density at radius 3 is 2.63 bits per heavy atom. The van der Waals surface area contributed by atoms with Crippen LogP contribution in [0.1, 0.15) is 31.5 Å². The van der Waals surface area contributed by atoms with Crippen LogP contribution >= 0.6 is 11.3 Å². The maximum atomic E-state index is 12.8. The van der Waals surface area contributed by atoms with Gasteiger partial charge in [0.25, 0.3) is 0 Å². The zero-order valence-electron chi connectivity index (χ0n) is 14.7. The van der Waals surface area contributed by atoms with E-state index in [1.807, 2.05) is 6.92 Å². The highest BCUT2D eigenvalue weighted by Crippen LogP contribution is 2.33. The summed E-state index contributed by atoms with van der Waals surface area (Å²) < 4.78 is 38.5. The molecule has 1 heterocycles. The van der Waals surface area contributed by atoms with Gasteiger partial charge in [-0.05, 0) is 18.1 Å². The summed E-state index contributed by atoms with van der Waals surface area (Å²) in [5.74, 6) is -1.84. The van der Waals surface area contributed by atoms with Gasteiger partial charge in [-0.3, -0.25) is 4.79 Å². The van der Waals surface area contributed by atoms with Crippen LogP contribution in [0.25, 0.3) is 10.6 Å². The number of hydrogen-bond donors (Lipinski definition) is 2. The number of aromatic nitrogens is 1. The summed E-state index contributed by atoms with van der Waals surface area (Å²) in [5, 5.41) is 13.6. The highest BCUT2D eigenvalue weighted by atomic mass is 32.1. The molecule has 2 atom stereocenters. The summed E-state index contributed by atoms with van der Waals surface area (Å²) in [6.07, 6.45) is -4.00. The Morgan fingerprint density at radius 1 is 1.33 bits per heavy atom. The number of carboxylic acids is 1. The summed E-state index contributed by atoms with van der Waals surface area (Å²) in [4.78, 5) is 27.6. The molecule has 2 N–H and O–H groups in total. The summed E-state index contributed by atoms with van der Waals surface area (Å²) in [6.45, 7) is 3.56. The molecular weight excluding hydrogens is 381 g/mol. The standard InChI is InChI=1S/C18H19F3N2O3S/c1-3-10(2)15(17(25)26)23-14(24)8-13-9-27-16(22-13)11-5-4-6-12(7-11)18(19,20)21/h4-7,9-10,15H,3,8H2,1-2H3,(H,23,24)(H,25,26)/t10-,15-/m0/s1. The predicted octanol–water partition coefficient (Wildman–Crippen LogP) is 3.99. The summed E-state index contributed by atoms with van der Waals surface area (Å²) in [7, 11) is 0. The molecule has 0 fully saturated rings. The van der Waals surface area contributed by atoms with Gasteiger partial charge in [0.15, 0.2) is 0 Å². The molecule has 0 bridgehead atoms. The minimum atomic E-state index is -4.45. The van der Waals surface area contributed by atoms with Crippen molar-refractivity contribution in [3.63, 3.8) is 0 Å². The minimum absolute atomic E-state index is 0.143. The van der Waals surface area contributed by atoms with E-state index in [9.17, 15) is 27.9 Å². The quantitative estimate of drug-likeness (QED) is 0.737. The Kier molecular flexibility index (Phi) is 6.59.